The van der Waals surface area contributed by atoms with Crippen LogP contribution in [0, 0.1) is 0 Å². The van der Waals surface area contributed by atoms with E-state index in [2.05, 4.69) is 5.32 Å². The highest BCUT2D eigenvalue weighted by Crippen LogP contribution is 2.30. The topological polar surface area (TPSA) is 69.6 Å². The number of hydrogen-bond acceptors (Lipinski definition) is 3. The number of amides is 1. The molecular weight excluding hydrogens is 256 g/mol. The van der Waals surface area contributed by atoms with E-state index >= 15 is 0 Å². The number of carboxylic acid groups (broad SMARTS) is 1. The first-order valence-electron chi connectivity index (χ1n) is 6.96. The van der Waals surface area contributed by atoms with Gasteiger partial charge in [-0.2, -0.15) is 0 Å². The van der Waals surface area contributed by atoms with Gasteiger partial charge in [0.2, 0.25) is 5.91 Å². The van der Waals surface area contributed by atoms with Crippen molar-refractivity contribution in [2.75, 3.05) is 19.6 Å². The van der Waals surface area contributed by atoms with Crippen LogP contribution in [0.2, 0.25) is 0 Å². The zero-order chi connectivity index (χ0) is 14.5. The van der Waals surface area contributed by atoms with Gasteiger partial charge in [0.25, 0.3) is 0 Å². The lowest BCUT2D eigenvalue weighted by Gasteiger charge is -2.34. The van der Waals surface area contributed by atoms with Crippen LogP contribution in [0.15, 0.2) is 24.3 Å². The number of benzene rings is 1. The lowest BCUT2D eigenvalue weighted by molar-refractivity contribution is -0.151. The minimum Gasteiger partial charge on any atom is -0.479 e. The van der Waals surface area contributed by atoms with E-state index in [0.29, 0.717) is 25.9 Å². The summed E-state index contributed by atoms with van der Waals surface area (Å²) in [5.41, 5.74) is 1.76. The van der Waals surface area contributed by atoms with E-state index in [1.807, 2.05) is 25.1 Å². The van der Waals surface area contributed by atoms with E-state index in [9.17, 15) is 14.7 Å². The minimum absolute atomic E-state index is 0.104. The Labute approximate surface area is 118 Å². The lowest BCUT2D eigenvalue weighted by Crippen LogP contribution is -2.44. The average Bonchev–Trinajstić information content (AvgIpc) is 2.45. The number of hydrogen-bond donors (Lipinski definition) is 2. The van der Waals surface area contributed by atoms with Gasteiger partial charge in [-0.25, -0.2) is 4.79 Å². The fourth-order valence-corrected chi connectivity index (χ4v) is 2.62. The summed E-state index contributed by atoms with van der Waals surface area (Å²) in [6, 6.07) is 6.61. The smallest absolute Gasteiger partial charge is 0.331 e. The summed E-state index contributed by atoms with van der Waals surface area (Å²) in [4.78, 5) is 25.3. The van der Waals surface area contributed by atoms with Crippen LogP contribution >= 0.6 is 0 Å². The maximum absolute atomic E-state index is 12.2. The summed E-state index contributed by atoms with van der Waals surface area (Å²) in [6.45, 7) is 3.83. The van der Waals surface area contributed by atoms with Crippen LogP contribution in [0.1, 0.15) is 30.5 Å². The first-order valence-corrected chi connectivity index (χ1v) is 6.96. The SMILES string of the molecule is CCNCCC(=O)N1CCc2ccccc2C1C(=O)O. The quantitative estimate of drug-likeness (QED) is 0.793. The number of carbonyl (C=O) groups excluding carboxylic acids is 1. The van der Waals surface area contributed by atoms with Gasteiger partial charge in [0.15, 0.2) is 6.04 Å². The molecule has 0 aromatic heterocycles. The van der Waals surface area contributed by atoms with Gasteiger partial charge >= 0.3 is 5.97 Å². The summed E-state index contributed by atoms with van der Waals surface area (Å²) in [5, 5.41) is 12.6. The van der Waals surface area contributed by atoms with Crippen molar-refractivity contribution in [1.82, 2.24) is 10.2 Å². The highest BCUT2D eigenvalue weighted by molar-refractivity contribution is 5.85. The van der Waals surface area contributed by atoms with Gasteiger partial charge < -0.3 is 15.3 Å². The van der Waals surface area contributed by atoms with Crippen molar-refractivity contribution >= 4 is 11.9 Å². The molecule has 1 unspecified atom stereocenters. The number of carbonyl (C=O) groups is 2. The standard InChI is InChI=1S/C15H20N2O3/c1-2-16-9-7-13(18)17-10-8-11-5-3-4-6-12(11)14(17)15(19)20/h3-6,14,16H,2,7-10H2,1H3,(H,19,20). The molecule has 0 saturated heterocycles. The van der Waals surface area contributed by atoms with Gasteiger partial charge in [-0.15, -0.1) is 0 Å². The van der Waals surface area contributed by atoms with Gasteiger partial charge in [-0.1, -0.05) is 31.2 Å². The van der Waals surface area contributed by atoms with E-state index in [1.165, 1.54) is 4.90 Å². The second-order valence-electron chi connectivity index (χ2n) is 4.88. The molecule has 1 aliphatic heterocycles. The Morgan fingerprint density at radius 2 is 2.15 bits per heavy atom. The number of nitrogens with zero attached hydrogens (tertiary/aromatic N) is 1. The van der Waals surface area contributed by atoms with E-state index in [0.717, 1.165) is 17.7 Å². The van der Waals surface area contributed by atoms with Crippen molar-refractivity contribution in [3.05, 3.63) is 35.4 Å². The molecule has 2 N–H and O–H groups in total. The van der Waals surface area contributed by atoms with Gasteiger partial charge in [0.1, 0.15) is 0 Å². The highest BCUT2D eigenvalue weighted by Gasteiger charge is 2.35. The molecule has 0 aliphatic carbocycles. The second kappa shape index (κ2) is 6.52. The molecule has 1 aliphatic rings. The Balaban J connectivity index is 2.18. The van der Waals surface area contributed by atoms with Crippen molar-refractivity contribution in [1.29, 1.82) is 0 Å². The van der Waals surface area contributed by atoms with Crippen molar-refractivity contribution in [3.63, 3.8) is 0 Å². The minimum atomic E-state index is -0.964. The number of aliphatic carboxylic acids is 1. The van der Waals surface area contributed by atoms with Crippen molar-refractivity contribution in [2.24, 2.45) is 0 Å². The Bertz CT molecular complexity index is 502. The zero-order valence-electron chi connectivity index (χ0n) is 11.6. The average molecular weight is 276 g/mol. The molecule has 0 bridgehead atoms. The third-order valence-corrected chi connectivity index (χ3v) is 3.60. The summed E-state index contributed by atoms with van der Waals surface area (Å²) < 4.78 is 0. The van der Waals surface area contributed by atoms with E-state index in [4.69, 9.17) is 0 Å². The second-order valence-corrected chi connectivity index (χ2v) is 4.88. The Kier molecular flexibility index (Phi) is 4.74. The zero-order valence-corrected chi connectivity index (χ0v) is 11.6. The molecule has 20 heavy (non-hydrogen) atoms. The van der Waals surface area contributed by atoms with Crippen LogP contribution in [-0.2, 0) is 16.0 Å². The molecule has 1 aromatic rings. The molecule has 0 fully saturated rings. The molecule has 5 nitrogen and oxygen atoms in total. The Morgan fingerprint density at radius 1 is 1.40 bits per heavy atom. The Morgan fingerprint density at radius 3 is 2.85 bits per heavy atom. The van der Waals surface area contributed by atoms with Crippen LogP contribution in [0.4, 0.5) is 0 Å². The van der Waals surface area contributed by atoms with Gasteiger partial charge in [-0.3, -0.25) is 4.79 Å². The van der Waals surface area contributed by atoms with Crippen molar-refractivity contribution in [2.45, 2.75) is 25.8 Å². The fourth-order valence-electron chi connectivity index (χ4n) is 2.62. The normalized spacial score (nSPS) is 17.6. The molecule has 1 amide bonds. The molecule has 2 rings (SSSR count). The molecule has 5 heteroatoms. The van der Waals surface area contributed by atoms with Crippen LogP contribution in [0.3, 0.4) is 0 Å². The van der Waals surface area contributed by atoms with E-state index in [1.54, 1.807) is 6.07 Å². The van der Waals surface area contributed by atoms with Crippen molar-refractivity contribution in [3.8, 4) is 0 Å². The molecule has 1 aromatic carbocycles. The monoisotopic (exact) mass is 276 g/mol. The number of nitrogens with one attached hydrogen (secondary N) is 1. The molecule has 1 atom stereocenters. The largest absolute Gasteiger partial charge is 0.479 e. The maximum Gasteiger partial charge on any atom is 0.331 e. The third-order valence-electron chi connectivity index (χ3n) is 3.60. The third kappa shape index (κ3) is 2.99. The molecule has 0 radical (unpaired) electrons. The van der Waals surface area contributed by atoms with Crippen molar-refractivity contribution < 1.29 is 14.7 Å². The Hall–Kier alpha value is -1.88. The van der Waals surface area contributed by atoms with E-state index in [-0.39, 0.29) is 5.91 Å². The predicted octanol–water partition coefficient (Wildman–Crippen LogP) is 1.20. The van der Waals surface area contributed by atoms with Gasteiger partial charge in [0.05, 0.1) is 0 Å². The maximum atomic E-state index is 12.2. The van der Waals surface area contributed by atoms with Gasteiger partial charge in [0, 0.05) is 19.5 Å². The summed E-state index contributed by atoms with van der Waals surface area (Å²) in [7, 11) is 0. The highest BCUT2D eigenvalue weighted by atomic mass is 16.4. The van der Waals surface area contributed by atoms with Crippen LogP contribution < -0.4 is 5.32 Å². The molecule has 0 saturated carbocycles. The summed E-state index contributed by atoms with van der Waals surface area (Å²) >= 11 is 0. The molecular formula is C15H20N2O3. The molecule has 1 heterocycles. The van der Waals surface area contributed by atoms with Gasteiger partial charge in [-0.05, 0) is 24.1 Å². The first-order chi connectivity index (χ1) is 9.65. The lowest BCUT2D eigenvalue weighted by atomic mass is 9.92. The fraction of sp³-hybridized carbons (Fsp3) is 0.467. The molecule has 0 spiro atoms. The van der Waals surface area contributed by atoms with Crippen LogP contribution in [0.25, 0.3) is 0 Å². The number of rotatable bonds is 5. The van der Waals surface area contributed by atoms with Crippen LogP contribution in [-0.4, -0.2) is 41.5 Å². The van der Waals surface area contributed by atoms with Crippen LogP contribution in [0.5, 0.6) is 0 Å². The summed E-state index contributed by atoms with van der Waals surface area (Å²) in [5.74, 6) is -1.07. The summed E-state index contributed by atoms with van der Waals surface area (Å²) in [6.07, 6.45) is 1.05. The molecule has 108 valence electrons. The van der Waals surface area contributed by atoms with E-state index < -0.39 is 12.0 Å². The first kappa shape index (κ1) is 14.5. The predicted molar refractivity (Wildman–Crippen MR) is 75.4 cm³/mol. The number of carboxylic acids is 1. The number of fused-ring (bicyclic) bond motifs is 1.